The van der Waals surface area contributed by atoms with Gasteiger partial charge in [0.05, 0.1) is 6.42 Å². The molecule has 1 radical (unpaired) electrons. The van der Waals surface area contributed by atoms with Crippen molar-refractivity contribution in [1.82, 2.24) is 0 Å². The molecule has 0 amide bonds. The van der Waals surface area contributed by atoms with E-state index in [1.165, 1.54) is 0 Å². The Kier molecular flexibility index (Phi) is 6.69. The average Bonchev–Trinajstić information content (AvgIpc) is 1.63. The second kappa shape index (κ2) is 5.43. The van der Waals surface area contributed by atoms with Crippen LogP contribution in [0.4, 0.5) is 0 Å². The second-order valence-corrected chi connectivity index (χ2v) is 1.45. The quantitative estimate of drug-likeness (QED) is 0.571. The summed E-state index contributed by atoms with van der Waals surface area (Å²) in [6.07, 6.45) is -2.54. The van der Waals surface area contributed by atoms with Crippen LogP contribution in [0.3, 0.4) is 0 Å². The maximum Gasteiger partial charge on any atom is 0.333 e. The number of hydrogen-bond donors (Lipinski definition) is 3. The molecule has 1 unspecified atom stereocenters. The van der Waals surface area contributed by atoms with Crippen LogP contribution >= 0.6 is 0 Å². The van der Waals surface area contributed by atoms with E-state index in [2.05, 4.69) is 0 Å². The van der Waals surface area contributed by atoms with Gasteiger partial charge in [0.1, 0.15) is 0 Å². The summed E-state index contributed by atoms with van der Waals surface area (Å²) in [6.45, 7) is 0. The first-order chi connectivity index (χ1) is 4.04. The predicted octanol–water partition coefficient (Wildman–Crippen LogP) is -1.10. The van der Waals surface area contributed by atoms with Crippen LogP contribution in [0.15, 0.2) is 0 Å². The van der Waals surface area contributed by atoms with Gasteiger partial charge in [-0.2, -0.15) is 0 Å². The number of carbonyl (C=O) groups is 2. The Hall–Kier alpha value is -0.360. The zero-order chi connectivity index (χ0) is 7.44. The first-order valence-electron chi connectivity index (χ1n) is 2.16. The molecule has 0 aromatic heterocycles. The zero-order valence-electron chi connectivity index (χ0n) is 4.74. The maximum absolute atomic E-state index is 9.72. The monoisotopic (exact) mass is 331 g/mol. The SMILES string of the molecule is O=C(O)CC(O)C(=O)O.[Au]. The van der Waals surface area contributed by atoms with Gasteiger partial charge in [0.15, 0.2) is 6.10 Å². The van der Waals surface area contributed by atoms with Crippen LogP contribution in [0.5, 0.6) is 0 Å². The average molecular weight is 331 g/mol. The van der Waals surface area contributed by atoms with Crippen LogP contribution in [0.25, 0.3) is 0 Å². The van der Waals surface area contributed by atoms with E-state index in [1.54, 1.807) is 0 Å². The number of rotatable bonds is 3. The van der Waals surface area contributed by atoms with Crippen LogP contribution in [-0.4, -0.2) is 33.4 Å². The van der Waals surface area contributed by atoms with Crippen molar-refractivity contribution in [3.63, 3.8) is 0 Å². The first-order valence-corrected chi connectivity index (χ1v) is 2.16. The molecule has 0 heterocycles. The van der Waals surface area contributed by atoms with E-state index in [4.69, 9.17) is 15.3 Å². The van der Waals surface area contributed by atoms with Gasteiger partial charge in [-0.3, -0.25) is 4.79 Å². The second-order valence-electron chi connectivity index (χ2n) is 1.45. The van der Waals surface area contributed by atoms with E-state index in [0.717, 1.165) is 0 Å². The molecule has 0 saturated heterocycles. The van der Waals surface area contributed by atoms with Crippen molar-refractivity contribution < 1.29 is 47.3 Å². The van der Waals surface area contributed by atoms with Gasteiger partial charge < -0.3 is 15.3 Å². The van der Waals surface area contributed by atoms with Crippen molar-refractivity contribution in [2.75, 3.05) is 0 Å². The molecule has 3 N–H and O–H groups in total. The van der Waals surface area contributed by atoms with E-state index in [9.17, 15) is 9.59 Å². The van der Waals surface area contributed by atoms with Gasteiger partial charge in [-0.05, 0) is 0 Å². The summed E-state index contributed by atoms with van der Waals surface area (Å²) in [5, 5.41) is 24.1. The summed E-state index contributed by atoms with van der Waals surface area (Å²) < 4.78 is 0. The molecular formula is C4H6AuO5. The van der Waals surface area contributed by atoms with Gasteiger partial charge in [0.2, 0.25) is 0 Å². The van der Waals surface area contributed by atoms with Crippen LogP contribution in [-0.2, 0) is 32.0 Å². The van der Waals surface area contributed by atoms with Crippen molar-refractivity contribution >= 4 is 11.9 Å². The molecule has 0 rings (SSSR count). The van der Waals surface area contributed by atoms with Gasteiger partial charge in [-0.1, -0.05) is 0 Å². The number of carboxylic acids is 2. The number of aliphatic carboxylic acids is 2. The molecule has 0 aromatic rings. The number of carboxylic acid groups (broad SMARTS) is 2. The molecule has 6 heteroatoms. The number of aliphatic hydroxyl groups excluding tert-OH is 1. The standard InChI is InChI=1S/C4H6O5.Au/c5-2(4(8)9)1-3(6)7;/h2,5H,1H2,(H,6,7)(H,8,9);. The topological polar surface area (TPSA) is 94.8 Å². The largest absolute Gasteiger partial charge is 0.481 e. The molecule has 0 bridgehead atoms. The van der Waals surface area contributed by atoms with E-state index in [-0.39, 0.29) is 22.4 Å². The summed E-state index contributed by atoms with van der Waals surface area (Å²) in [5.41, 5.74) is 0. The van der Waals surface area contributed by atoms with E-state index in [1.807, 2.05) is 0 Å². The fourth-order valence-corrected chi connectivity index (χ4v) is 0.253. The summed E-state index contributed by atoms with van der Waals surface area (Å²) in [4.78, 5) is 19.4. The van der Waals surface area contributed by atoms with Crippen LogP contribution in [0.2, 0.25) is 0 Å². The smallest absolute Gasteiger partial charge is 0.333 e. The van der Waals surface area contributed by atoms with Gasteiger partial charge >= 0.3 is 11.9 Å². The van der Waals surface area contributed by atoms with E-state index in [0.29, 0.717) is 0 Å². The Morgan fingerprint density at radius 2 is 1.70 bits per heavy atom. The fraction of sp³-hybridized carbons (Fsp3) is 0.500. The van der Waals surface area contributed by atoms with Crippen molar-refractivity contribution in [2.45, 2.75) is 12.5 Å². The minimum atomic E-state index is -1.79. The Balaban J connectivity index is 0. The van der Waals surface area contributed by atoms with Gasteiger partial charge in [-0.15, -0.1) is 0 Å². The third-order valence-electron chi connectivity index (χ3n) is 0.653. The third-order valence-corrected chi connectivity index (χ3v) is 0.653. The van der Waals surface area contributed by atoms with Crippen molar-refractivity contribution in [1.29, 1.82) is 0 Å². The van der Waals surface area contributed by atoms with Crippen molar-refractivity contribution in [3.05, 3.63) is 0 Å². The van der Waals surface area contributed by atoms with Gasteiger partial charge in [-0.25, -0.2) is 4.79 Å². The normalized spacial score (nSPS) is 11.3. The molecule has 0 saturated carbocycles. The summed E-state index contributed by atoms with van der Waals surface area (Å²) in [7, 11) is 0. The molecule has 1 atom stereocenters. The Bertz CT molecular complexity index is 134. The molecule has 63 valence electrons. The fourth-order valence-electron chi connectivity index (χ4n) is 0.253. The molecular weight excluding hydrogens is 325 g/mol. The minimum Gasteiger partial charge on any atom is -0.481 e. The molecule has 0 aromatic carbocycles. The Morgan fingerprint density at radius 3 is 1.80 bits per heavy atom. The molecule has 10 heavy (non-hydrogen) atoms. The van der Waals surface area contributed by atoms with E-state index < -0.39 is 24.5 Å². The Morgan fingerprint density at radius 1 is 1.30 bits per heavy atom. The molecule has 0 aliphatic heterocycles. The van der Waals surface area contributed by atoms with Crippen LogP contribution in [0.1, 0.15) is 6.42 Å². The summed E-state index contributed by atoms with van der Waals surface area (Å²) >= 11 is 0. The van der Waals surface area contributed by atoms with Gasteiger partial charge in [0.25, 0.3) is 0 Å². The van der Waals surface area contributed by atoms with Gasteiger partial charge in [0, 0.05) is 22.4 Å². The van der Waals surface area contributed by atoms with Crippen LogP contribution < -0.4 is 0 Å². The maximum atomic E-state index is 9.72. The summed E-state index contributed by atoms with van der Waals surface area (Å²) in [5.74, 6) is -2.85. The third kappa shape index (κ3) is 5.77. The Labute approximate surface area is 72.2 Å². The predicted molar refractivity (Wildman–Crippen MR) is 25.9 cm³/mol. The number of hydrogen-bond acceptors (Lipinski definition) is 3. The molecule has 0 aliphatic rings. The zero-order valence-corrected chi connectivity index (χ0v) is 6.91. The number of aliphatic hydroxyl groups is 1. The molecule has 5 nitrogen and oxygen atoms in total. The van der Waals surface area contributed by atoms with Crippen molar-refractivity contribution in [3.8, 4) is 0 Å². The summed E-state index contributed by atoms with van der Waals surface area (Å²) in [6, 6.07) is 0. The first kappa shape index (κ1) is 12.3. The molecule has 0 spiro atoms. The van der Waals surface area contributed by atoms with E-state index >= 15 is 0 Å². The molecule has 0 aliphatic carbocycles. The minimum absolute atomic E-state index is 0. The molecule has 0 fully saturated rings. The van der Waals surface area contributed by atoms with Crippen molar-refractivity contribution in [2.24, 2.45) is 0 Å². The van der Waals surface area contributed by atoms with Crippen LogP contribution in [0, 0.1) is 0 Å².